The highest BCUT2D eigenvalue weighted by molar-refractivity contribution is 7.89. The van der Waals surface area contributed by atoms with Crippen LogP contribution in [0.2, 0.25) is 0 Å². The van der Waals surface area contributed by atoms with Crippen LogP contribution in [-0.4, -0.2) is 13.0 Å². The van der Waals surface area contributed by atoms with Crippen LogP contribution in [0.25, 0.3) is 5.57 Å². The van der Waals surface area contributed by atoms with E-state index in [1.165, 1.54) is 67.3 Å². The van der Waals surface area contributed by atoms with E-state index >= 15 is 0 Å². The zero-order valence-electron chi connectivity index (χ0n) is 26.7. The Morgan fingerprint density at radius 2 is 1.14 bits per heavy atom. The minimum absolute atomic E-state index is 0.101. The summed E-state index contributed by atoms with van der Waals surface area (Å²) in [7, 11) is -4.44. The van der Waals surface area contributed by atoms with Crippen molar-refractivity contribution in [3.05, 3.63) is 174 Å². The quantitative estimate of drug-likeness (QED) is 0.170. The summed E-state index contributed by atoms with van der Waals surface area (Å²) in [6.45, 7) is 15.2. The molecule has 0 heterocycles. The van der Waals surface area contributed by atoms with E-state index in [9.17, 15) is 13.0 Å². The van der Waals surface area contributed by atoms with Gasteiger partial charge in [-0.05, 0) is 141 Å². The Hall–Kier alpha value is -4.12. The van der Waals surface area contributed by atoms with Gasteiger partial charge < -0.3 is 0 Å². The van der Waals surface area contributed by atoms with Gasteiger partial charge in [0, 0.05) is 35.4 Å². The fourth-order valence-electron chi connectivity index (χ4n) is 6.46. The van der Waals surface area contributed by atoms with Gasteiger partial charge in [-0.25, -0.2) is 0 Å². The van der Waals surface area contributed by atoms with Crippen LogP contribution in [0.5, 0.6) is 0 Å². The summed E-state index contributed by atoms with van der Waals surface area (Å²) in [6.07, 6.45) is 8.31. The fraction of sp³-hybridized carbons (Fsp3) is 0.225. The van der Waals surface area contributed by atoms with E-state index in [4.69, 9.17) is 0 Å². The molecule has 0 fully saturated rings. The van der Waals surface area contributed by atoms with Gasteiger partial charge in [0.2, 0.25) is 0 Å². The third-order valence-corrected chi connectivity index (χ3v) is 9.95. The molecule has 0 saturated carbocycles. The van der Waals surface area contributed by atoms with E-state index in [1.807, 2.05) is 0 Å². The summed E-state index contributed by atoms with van der Waals surface area (Å²) < 4.78 is 35.1. The highest BCUT2D eigenvalue weighted by Gasteiger charge is 2.35. The minimum atomic E-state index is -4.44. The van der Waals surface area contributed by atoms with Gasteiger partial charge in [0.1, 0.15) is 5.57 Å². The van der Waals surface area contributed by atoms with Gasteiger partial charge in [-0.2, -0.15) is 8.42 Å². The molecule has 44 heavy (non-hydrogen) atoms. The van der Waals surface area contributed by atoms with Gasteiger partial charge in [-0.15, -0.1) is 0 Å². The Morgan fingerprint density at radius 1 is 0.636 bits per heavy atom. The third-order valence-electron chi connectivity index (χ3n) is 9.04. The molecule has 4 heteroatoms. The number of rotatable bonds is 7. The van der Waals surface area contributed by atoms with Crippen LogP contribution in [0, 0.1) is 53.7 Å². The predicted octanol–water partition coefficient (Wildman–Crippen LogP) is 9.37. The van der Waals surface area contributed by atoms with Crippen molar-refractivity contribution in [3.63, 3.8) is 0 Å². The van der Waals surface area contributed by atoms with Crippen molar-refractivity contribution in [2.75, 3.05) is 0 Å². The molecule has 224 valence electrons. The fourth-order valence-corrected chi connectivity index (χ4v) is 7.16. The summed E-state index contributed by atoms with van der Waals surface area (Å²) in [5.41, 5.74) is 17.1. The Kier molecular flexibility index (Phi) is 8.88. The van der Waals surface area contributed by atoms with Crippen LogP contribution in [0.4, 0.5) is 0 Å². The van der Waals surface area contributed by atoms with E-state index in [1.54, 1.807) is 18.2 Å². The Balaban J connectivity index is 1.55. The van der Waals surface area contributed by atoms with Crippen LogP contribution in [-0.2, 0) is 23.0 Å². The average Bonchev–Trinajstić information content (AvgIpc) is 2.97. The number of benzene rings is 4. The lowest BCUT2D eigenvalue weighted by atomic mass is 9.87. The van der Waals surface area contributed by atoms with Gasteiger partial charge in [0.15, 0.2) is 5.25 Å². The smallest absolute Gasteiger partial charge is 0.274 e. The number of hydrogen-bond acceptors (Lipinski definition) is 2. The molecule has 0 bridgehead atoms. The summed E-state index contributed by atoms with van der Waals surface area (Å²) in [4.78, 5) is 0. The third kappa shape index (κ3) is 6.52. The summed E-state index contributed by atoms with van der Waals surface area (Å²) >= 11 is 0. The summed E-state index contributed by atoms with van der Waals surface area (Å²) in [6, 6.07) is 23.4. The lowest BCUT2D eigenvalue weighted by Gasteiger charge is -2.16. The molecule has 0 aromatic heterocycles. The Bertz CT molecular complexity index is 1900. The van der Waals surface area contributed by atoms with Crippen molar-refractivity contribution in [3.8, 4) is 0 Å². The zero-order chi connectivity index (χ0) is 31.8. The second-order valence-electron chi connectivity index (χ2n) is 12.2. The molecule has 5 rings (SSSR count). The van der Waals surface area contributed by atoms with Crippen LogP contribution in [0.3, 0.4) is 0 Å². The zero-order valence-corrected chi connectivity index (χ0v) is 27.6. The first kappa shape index (κ1) is 31.3. The van der Waals surface area contributed by atoms with Crippen molar-refractivity contribution < 1.29 is 13.0 Å². The SMILES string of the molecule is Cc1cc(C)c(Cc2ccc(C(=C3C=CC=C[C+]3S(=O)(=O)O)c3ccc(Cc4c(C)cc(C)c(C)c4C)cc3)cc2)c(C)c1. The predicted molar refractivity (Wildman–Crippen MR) is 184 cm³/mol. The standard InChI is InChI=1S/C40H40O3S/c1-25-20-27(3)37(28(4)21-25)23-32-12-16-34(17-13-32)40(36-10-8-9-11-39(36)44(41,42)43)35-18-14-33(15-19-35)24-38-29(5)22-26(2)30(6)31(38)7/h8-22H,23-24H2,1-7H3/p+1. The molecular formula is C40H41O3S+. The van der Waals surface area contributed by atoms with Crippen molar-refractivity contribution in [2.45, 2.75) is 61.3 Å². The van der Waals surface area contributed by atoms with E-state index in [2.05, 4.69) is 115 Å². The average molecular weight is 602 g/mol. The van der Waals surface area contributed by atoms with E-state index in [0.29, 0.717) is 5.57 Å². The lowest BCUT2D eigenvalue weighted by Crippen LogP contribution is -2.14. The second-order valence-corrected chi connectivity index (χ2v) is 13.6. The van der Waals surface area contributed by atoms with E-state index < -0.39 is 10.1 Å². The molecule has 0 unspecified atom stereocenters. The molecule has 1 aliphatic carbocycles. The van der Waals surface area contributed by atoms with Gasteiger partial charge in [0.05, 0.1) is 5.57 Å². The van der Waals surface area contributed by atoms with Gasteiger partial charge in [-0.3, -0.25) is 4.55 Å². The first-order valence-electron chi connectivity index (χ1n) is 15.1. The summed E-state index contributed by atoms with van der Waals surface area (Å²) in [5, 5.41) is -0.101. The Morgan fingerprint density at radius 3 is 1.66 bits per heavy atom. The maximum absolute atomic E-state index is 12.5. The van der Waals surface area contributed by atoms with Crippen molar-refractivity contribution >= 4 is 15.7 Å². The highest BCUT2D eigenvalue weighted by atomic mass is 32.2. The van der Waals surface area contributed by atoms with Crippen LogP contribution in [0.1, 0.15) is 72.3 Å². The molecule has 0 amide bonds. The van der Waals surface area contributed by atoms with Gasteiger partial charge in [-0.1, -0.05) is 48.0 Å². The molecule has 4 aromatic rings. The first-order valence-corrected chi connectivity index (χ1v) is 16.5. The molecule has 4 aromatic carbocycles. The molecule has 1 aliphatic rings. The maximum Gasteiger partial charge on any atom is 0.331 e. The Labute approximate surface area is 263 Å². The lowest BCUT2D eigenvalue weighted by molar-refractivity contribution is 0.487. The van der Waals surface area contributed by atoms with Crippen molar-refractivity contribution in [2.24, 2.45) is 0 Å². The molecule has 0 radical (unpaired) electrons. The summed E-state index contributed by atoms with van der Waals surface area (Å²) in [5.74, 6) is 0. The second kappa shape index (κ2) is 12.5. The monoisotopic (exact) mass is 601 g/mol. The maximum atomic E-state index is 12.5. The number of aryl methyl sites for hydroxylation is 5. The molecular weight excluding hydrogens is 561 g/mol. The van der Waals surface area contributed by atoms with Gasteiger partial charge in [0.25, 0.3) is 0 Å². The largest absolute Gasteiger partial charge is 0.331 e. The van der Waals surface area contributed by atoms with Crippen LogP contribution >= 0.6 is 0 Å². The molecule has 0 saturated heterocycles. The van der Waals surface area contributed by atoms with Gasteiger partial charge >= 0.3 is 10.1 Å². The molecule has 0 spiro atoms. The van der Waals surface area contributed by atoms with Crippen LogP contribution in [0.15, 0.2) is 96.6 Å². The first-order chi connectivity index (χ1) is 20.8. The molecule has 1 N–H and O–H groups in total. The van der Waals surface area contributed by atoms with Crippen molar-refractivity contribution in [1.29, 1.82) is 0 Å². The normalized spacial score (nSPS) is 14.3. The number of allylic oxidation sites excluding steroid dienone is 3. The van der Waals surface area contributed by atoms with E-state index in [-0.39, 0.29) is 5.25 Å². The van der Waals surface area contributed by atoms with E-state index in [0.717, 1.165) is 29.5 Å². The van der Waals surface area contributed by atoms with Crippen LogP contribution < -0.4 is 0 Å². The number of hydrogen-bond donors (Lipinski definition) is 1. The highest BCUT2D eigenvalue weighted by Crippen LogP contribution is 2.37. The molecule has 3 nitrogen and oxygen atoms in total. The minimum Gasteiger partial charge on any atom is -0.274 e. The van der Waals surface area contributed by atoms with Crippen molar-refractivity contribution in [1.82, 2.24) is 0 Å². The topological polar surface area (TPSA) is 54.4 Å². The molecule has 0 atom stereocenters. The molecule has 0 aliphatic heterocycles.